The van der Waals surface area contributed by atoms with E-state index >= 15 is 0 Å². The summed E-state index contributed by atoms with van der Waals surface area (Å²) in [6.07, 6.45) is 3.14. The first-order chi connectivity index (χ1) is 9.19. The number of rotatable bonds is 4. The van der Waals surface area contributed by atoms with Gasteiger partial charge in [0.25, 0.3) is 0 Å². The van der Waals surface area contributed by atoms with Crippen molar-refractivity contribution in [2.45, 2.75) is 24.0 Å². The van der Waals surface area contributed by atoms with Crippen LogP contribution in [-0.2, 0) is 9.53 Å². The van der Waals surface area contributed by atoms with Crippen molar-refractivity contribution in [1.29, 1.82) is 0 Å². The third kappa shape index (κ3) is 4.19. The van der Waals surface area contributed by atoms with Crippen LogP contribution >= 0.6 is 11.8 Å². The van der Waals surface area contributed by atoms with E-state index in [2.05, 4.69) is 4.98 Å². The second-order valence-corrected chi connectivity index (χ2v) is 5.57. The van der Waals surface area contributed by atoms with Crippen molar-refractivity contribution in [1.82, 2.24) is 9.88 Å². The van der Waals surface area contributed by atoms with E-state index in [1.807, 2.05) is 19.1 Å². The average Bonchev–Trinajstić information content (AvgIpc) is 2.45. The molecule has 0 spiro atoms. The Kier molecular flexibility index (Phi) is 5.18. The highest BCUT2D eigenvalue weighted by Gasteiger charge is 2.27. The van der Waals surface area contributed by atoms with Crippen molar-refractivity contribution < 1.29 is 14.6 Å². The van der Waals surface area contributed by atoms with E-state index < -0.39 is 0 Å². The van der Waals surface area contributed by atoms with E-state index in [-0.39, 0.29) is 24.7 Å². The first kappa shape index (κ1) is 14.3. The van der Waals surface area contributed by atoms with E-state index in [9.17, 15) is 4.79 Å². The van der Waals surface area contributed by atoms with Gasteiger partial charge >= 0.3 is 0 Å². The predicted molar refractivity (Wildman–Crippen MR) is 73.0 cm³/mol. The maximum atomic E-state index is 12.1. The monoisotopic (exact) mass is 282 g/mol. The third-order valence-electron chi connectivity index (χ3n) is 2.89. The van der Waals surface area contributed by atoms with Gasteiger partial charge in [0.05, 0.1) is 24.6 Å². The van der Waals surface area contributed by atoms with Gasteiger partial charge in [0.15, 0.2) is 0 Å². The predicted octanol–water partition coefficient (Wildman–Crippen LogP) is 0.782. The van der Waals surface area contributed by atoms with Crippen LogP contribution in [0.3, 0.4) is 0 Å². The molecule has 2 atom stereocenters. The average molecular weight is 282 g/mol. The number of nitrogens with zero attached hydrogens (tertiary/aromatic N) is 2. The van der Waals surface area contributed by atoms with Gasteiger partial charge in [0.1, 0.15) is 0 Å². The quantitative estimate of drug-likeness (QED) is 0.827. The van der Waals surface area contributed by atoms with Crippen LogP contribution in [0.4, 0.5) is 0 Å². The van der Waals surface area contributed by atoms with Gasteiger partial charge in [-0.25, -0.2) is 0 Å². The summed E-state index contributed by atoms with van der Waals surface area (Å²) in [7, 11) is 0. The van der Waals surface area contributed by atoms with E-state index in [4.69, 9.17) is 9.84 Å². The van der Waals surface area contributed by atoms with Crippen LogP contribution in [-0.4, -0.2) is 58.6 Å². The van der Waals surface area contributed by atoms with Crippen LogP contribution in [0.1, 0.15) is 6.92 Å². The summed E-state index contributed by atoms with van der Waals surface area (Å²) in [5.74, 6) is 0.477. The number of aliphatic hydroxyl groups excluding tert-OH is 1. The van der Waals surface area contributed by atoms with Crippen molar-refractivity contribution in [2.75, 3.05) is 25.4 Å². The first-order valence-corrected chi connectivity index (χ1v) is 7.24. The van der Waals surface area contributed by atoms with E-state index in [1.54, 1.807) is 17.3 Å². The molecule has 2 heterocycles. The molecular weight excluding hydrogens is 264 g/mol. The van der Waals surface area contributed by atoms with Crippen LogP contribution in [0.25, 0.3) is 0 Å². The number of hydrogen-bond acceptors (Lipinski definition) is 5. The van der Waals surface area contributed by atoms with Crippen molar-refractivity contribution >= 4 is 17.7 Å². The van der Waals surface area contributed by atoms with Gasteiger partial charge in [0, 0.05) is 30.4 Å². The zero-order chi connectivity index (χ0) is 13.7. The number of aromatic nitrogens is 1. The molecular formula is C13H18N2O3S. The fraction of sp³-hybridized carbons (Fsp3) is 0.538. The Balaban J connectivity index is 1.85. The topological polar surface area (TPSA) is 62.7 Å². The molecule has 1 aliphatic rings. The number of amides is 1. The molecule has 1 aliphatic heterocycles. The zero-order valence-corrected chi connectivity index (χ0v) is 11.7. The molecule has 1 N–H and O–H groups in total. The van der Waals surface area contributed by atoms with Crippen molar-refractivity contribution in [3.05, 3.63) is 24.5 Å². The Morgan fingerprint density at radius 3 is 2.95 bits per heavy atom. The lowest BCUT2D eigenvalue weighted by molar-refractivity contribution is -0.144. The minimum absolute atomic E-state index is 0.0271. The fourth-order valence-corrected chi connectivity index (χ4v) is 2.81. The molecule has 2 rings (SSSR count). The second kappa shape index (κ2) is 6.88. The summed E-state index contributed by atoms with van der Waals surface area (Å²) in [6, 6.07) is 3.77. The van der Waals surface area contributed by atoms with Gasteiger partial charge in [0.2, 0.25) is 5.91 Å². The molecule has 0 radical (unpaired) electrons. The standard InChI is InChI=1S/C13H18N2O3S/c1-10-6-15(7-11(8-16)18-10)13(17)9-19-12-2-4-14-5-3-12/h2-5,10-11,16H,6-9H2,1H3. The summed E-state index contributed by atoms with van der Waals surface area (Å²) in [6.45, 7) is 2.92. The lowest BCUT2D eigenvalue weighted by Gasteiger charge is -2.36. The first-order valence-electron chi connectivity index (χ1n) is 6.26. The normalized spacial score (nSPS) is 23.4. The molecule has 1 fully saturated rings. The fourth-order valence-electron chi connectivity index (χ4n) is 2.02. The maximum Gasteiger partial charge on any atom is 0.233 e. The number of aliphatic hydroxyl groups is 1. The summed E-state index contributed by atoms with van der Waals surface area (Å²) < 4.78 is 5.52. The summed E-state index contributed by atoms with van der Waals surface area (Å²) in [4.78, 5) is 18.9. The SMILES string of the molecule is CC1CN(C(=O)CSc2ccncc2)CC(CO)O1. The Hall–Kier alpha value is -1.11. The molecule has 5 nitrogen and oxygen atoms in total. The molecule has 104 valence electrons. The Labute approximate surface area is 117 Å². The Bertz CT molecular complexity index is 416. The molecule has 1 saturated heterocycles. The molecule has 0 bridgehead atoms. The number of thioether (sulfide) groups is 1. The van der Waals surface area contributed by atoms with Gasteiger partial charge in [-0.3, -0.25) is 9.78 Å². The molecule has 1 aromatic rings. The molecule has 19 heavy (non-hydrogen) atoms. The molecule has 2 unspecified atom stereocenters. The van der Waals surface area contributed by atoms with Crippen LogP contribution in [0, 0.1) is 0 Å². The second-order valence-electron chi connectivity index (χ2n) is 4.52. The number of pyridine rings is 1. The maximum absolute atomic E-state index is 12.1. The van der Waals surface area contributed by atoms with Gasteiger partial charge in [-0.1, -0.05) is 0 Å². The van der Waals surface area contributed by atoms with Crippen molar-refractivity contribution in [3.8, 4) is 0 Å². The Morgan fingerprint density at radius 1 is 1.53 bits per heavy atom. The molecule has 1 aromatic heterocycles. The molecule has 0 saturated carbocycles. The number of morpholine rings is 1. The van der Waals surface area contributed by atoms with Crippen molar-refractivity contribution in [2.24, 2.45) is 0 Å². The molecule has 6 heteroatoms. The minimum atomic E-state index is -0.265. The summed E-state index contributed by atoms with van der Waals surface area (Å²) >= 11 is 1.50. The lowest BCUT2D eigenvalue weighted by atomic mass is 10.2. The minimum Gasteiger partial charge on any atom is -0.394 e. The highest BCUT2D eigenvalue weighted by Crippen LogP contribution is 2.18. The highest BCUT2D eigenvalue weighted by atomic mass is 32.2. The zero-order valence-electron chi connectivity index (χ0n) is 10.9. The lowest BCUT2D eigenvalue weighted by Crippen LogP contribution is -2.50. The largest absolute Gasteiger partial charge is 0.394 e. The van der Waals surface area contributed by atoms with Crippen molar-refractivity contribution in [3.63, 3.8) is 0 Å². The van der Waals surface area contributed by atoms with Crippen LogP contribution < -0.4 is 0 Å². The number of carbonyl (C=O) groups is 1. The molecule has 0 aliphatic carbocycles. The summed E-state index contributed by atoms with van der Waals surface area (Å²) in [5, 5.41) is 9.14. The summed E-state index contributed by atoms with van der Waals surface area (Å²) in [5.41, 5.74) is 0. The van der Waals surface area contributed by atoms with Gasteiger partial charge in [-0.05, 0) is 19.1 Å². The van der Waals surface area contributed by atoms with E-state index in [0.717, 1.165) is 4.90 Å². The van der Waals surface area contributed by atoms with E-state index in [1.165, 1.54) is 11.8 Å². The highest BCUT2D eigenvalue weighted by molar-refractivity contribution is 8.00. The number of carbonyl (C=O) groups excluding carboxylic acids is 1. The van der Waals surface area contributed by atoms with Crippen LogP contribution in [0.5, 0.6) is 0 Å². The van der Waals surface area contributed by atoms with E-state index in [0.29, 0.717) is 18.8 Å². The van der Waals surface area contributed by atoms with Crippen LogP contribution in [0.2, 0.25) is 0 Å². The van der Waals surface area contributed by atoms with Gasteiger partial charge in [-0.15, -0.1) is 11.8 Å². The molecule has 1 amide bonds. The van der Waals surface area contributed by atoms with Gasteiger partial charge in [-0.2, -0.15) is 0 Å². The third-order valence-corrected chi connectivity index (χ3v) is 3.89. The Morgan fingerprint density at radius 2 is 2.26 bits per heavy atom. The van der Waals surface area contributed by atoms with Gasteiger partial charge < -0.3 is 14.7 Å². The van der Waals surface area contributed by atoms with Crippen LogP contribution in [0.15, 0.2) is 29.4 Å². The molecule has 0 aromatic carbocycles. The smallest absolute Gasteiger partial charge is 0.233 e. The number of hydrogen-bond donors (Lipinski definition) is 1. The number of ether oxygens (including phenoxy) is 1.